The Morgan fingerprint density at radius 3 is 2.69 bits per heavy atom. The van der Waals surface area contributed by atoms with Crippen molar-refractivity contribution in [2.45, 2.75) is 17.7 Å². The zero-order valence-electron chi connectivity index (χ0n) is 8.72. The maximum Gasteiger partial charge on any atom is 0.309 e. The molecule has 0 amide bonds. The summed E-state index contributed by atoms with van der Waals surface area (Å²) in [7, 11) is -1.17. The monoisotopic (exact) mass is 236 g/mol. The molecule has 1 unspecified atom stereocenters. The van der Waals surface area contributed by atoms with E-state index in [0.717, 1.165) is 9.80 Å². The topological polar surface area (TPSA) is 43.4 Å². The molecule has 1 aromatic carbocycles. The number of carbonyl (C=O) groups is 1. The molecule has 0 spiro atoms. The molecule has 1 aromatic rings. The lowest BCUT2D eigenvalue weighted by Crippen LogP contribution is -2.01. The van der Waals surface area contributed by atoms with Crippen molar-refractivity contribution in [3.63, 3.8) is 0 Å². The Bertz CT molecular complexity index is 437. The first-order chi connectivity index (χ1) is 7.77. The number of carbonyl (C=O) groups excluding carboxylic acids is 1. The van der Waals surface area contributed by atoms with Crippen LogP contribution in [0.5, 0.6) is 0 Å². The van der Waals surface area contributed by atoms with Gasteiger partial charge in [-0.15, -0.1) is 0 Å². The Kier molecular flexibility index (Phi) is 3.51. The van der Waals surface area contributed by atoms with Crippen molar-refractivity contribution in [3.8, 4) is 0 Å². The Morgan fingerprint density at radius 2 is 1.94 bits per heavy atom. The number of ether oxygens (including phenoxy) is 1. The summed E-state index contributed by atoms with van der Waals surface area (Å²) >= 11 is 0. The summed E-state index contributed by atoms with van der Waals surface area (Å²) in [6.45, 7) is 0.323. The second kappa shape index (κ2) is 5.07. The number of rotatable bonds is 2. The third-order valence-electron chi connectivity index (χ3n) is 2.30. The molecule has 1 aliphatic rings. The highest BCUT2D eigenvalue weighted by Gasteiger charge is 2.15. The fourth-order valence-electron chi connectivity index (χ4n) is 1.49. The van der Waals surface area contributed by atoms with E-state index in [1.165, 1.54) is 0 Å². The van der Waals surface area contributed by atoms with Crippen molar-refractivity contribution in [1.29, 1.82) is 0 Å². The number of esters is 1. The summed E-state index contributed by atoms with van der Waals surface area (Å²) in [5.74, 6) is -0.250. The van der Waals surface area contributed by atoms with Crippen molar-refractivity contribution >= 4 is 16.8 Å². The van der Waals surface area contributed by atoms with E-state index in [2.05, 4.69) is 0 Å². The van der Waals surface area contributed by atoms with E-state index < -0.39 is 10.8 Å². The minimum atomic E-state index is -1.17. The van der Waals surface area contributed by atoms with Gasteiger partial charge in [-0.1, -0.05) is 24.3 Å². The van der Waals surface area contributed by atoms with Crippen LogP contribution in [0.15, 0.2) is 46.2 Å². The van der Waals surface area contributed by atoms with Crippen LogP contribution < -0.4 is 0 Å². The SMILES string of the molecule is O=C1CC=C(S(=O)c2ccccc2)CCO1. The van der Waals surface area contributed by atoms with Gasteiger partial charge in [0.1, 0.15) is 0 Å². The van der Waals surface area contributed by atoms with E-state index >= 15 is 0 Å². The van der Waals surface area contributed by atoms with E-state index in [-0.39, 0.29) is 12.4 Å². The zero-order chi connectivity index (χ0) is 11.4. The molecule has 0 bridgehead atoms. The molecular formula is C12H12O3S. The Hall–Kier alpha value is -1.42. The van der Waals surface area contributed by atoms with Gasteiger partial charge in [0.25, 0.3) is 0 Å². The number of cyclic esters (lactones) is 1. The first-order valence-electron chi connectivity index (χ1n) is 5.09. The fourth-order valence-corrected chi connectivity index (χ4v) is 2.70. The smallest absolute Gasteiger partial charge is 0.309 e. The van der Waals surface area contributed by atoms with Gasteiger partial charge in [0, 0.05) is 16.2 Å². The molecule has 0 radical (unpaired) electrons. The molecule has 1 heterocycles. The van der Waals surface area contributed by atoms with E-state index in [4.69, 9.17) is 4.74 Å². The molecule has 2 rings (SSSR count). The van der Waals surface area contributed by atoms with Crippen molar-refractivity contribution in [3.05, 3.63) is 41.3 Å². The quantitative estimate of drug-likeness (QED) is 0.738. The van der Waals surface area contributed by atoms with Gasteiger partial charge in [-0.2, -0.15) is 0 Å². The first-order valence-corrected chi connectivity index (χ1v) is 6.24. The molecule has 1 aliphatic heterocycles. The summed E-state index contributed by atoms with van der Waals surface area (Å²) in [5.41, 5.74) is 0. The Balaban J connectivity index is 2.19. The maximum atomic E-state index is 12.1. The van der Waals surface area contributed by atoms with Crippen molar-refractivity contribution < 1.29 is 13.7 Å². The molecule has 0 N–H and O–H groups in total. The lowest BCUT2D eigenvalue weighted by molar-refractivity contribution is -0.142. The lowest BCUT2D eigenvalue weighted by Gasteiger charge is -2.04. The van der Waals surface area contributed by atoms with Crippen LogP contribution >= 0.6 is 0 Å². The second-order valence-corrected chi connectivity index (χ2v) is 4.96. The second-order valence-electron chi connectivity index (χ2n) is 3.43. The average Bonchev–Trinajstić information content (AvgIpc) is 2.54. The van der Waals surface area contributed by atoms with Crippen LogP contribution in [0.1, 0.15) is 12.8 Å². The van der Waals surface area contributed by atoms with Gasteiger partial charge in [-0.3, -0.25) is 4.79 Å². The van der Waals surface area contributed by atoms with Crippen LogP contribution in [-0.4, -0.2) is 16.8 Å². The number of benzene rings is 1. The van der Waals surface area contributed by atoms with Gasteiger partial charge in [0.15, 0.2) is 0 Å². The van der Waals surface area contributed by atoms with Gasteiger partial charge in [-0.25, -0.2) is 4.21 Å². The predicted octanol–water partition coefficient (Wildman–Crippen LogP) is 2.02. The molecule has 0 fully saturated rings. The van der Waals surface area contributed by atoms with E-state index in [1.807, 2.05) is 30.3 Å². The van der Waals surface area contributed by atoms with Crippen LogP contribution in [0, 0.1) is 0 Å². The Morgan fingerprint density at radius 1 is 1.19 bits per heavy atom. The number of hydrogen-bond donors (Lipinski definition) is 0. The Labute approximate surface area is 96.6 Å². The van der Waals surface area contributed by atoms with Crippen molar-refractivity contribution in [2.75, 3.05) is 6.61 Å². The fraction of sp³-hybridized carbons (Fsp3) is 0.250. The van der Waals surface area contributed by atoms with Crippen molar-refractivity contribution in [2.24, 2.45) is 0 Å². The molecule has 0 aromatic heterocycles. The zero-order valence-corrected chi connectivity index (χ0v) is 9.53. The van der Waals surface area contributed by atoms with Crippen LogP contribution in [-0.2, 0) is 20.3 Å². The van der Waals surface area contributed by atoms with E-state index in [9.17, 15) is 9.00 Å². The van der Waals surface area contributed by atoms with Crippen LogP contribution in [0.4, 0.5) is 0 Å². The summed E-state index contributed by atoms with van der Waals surface area (Å²) < 4.78 is 17.0. The lowest BCUT2D eigenvalue weighted by atomic mass is 10.3. The van der Waals surface area contributed by atoms with Gasteiger partial charge in [0.2, 0.25) is 0 Å². The normalized spacial score (nSPS) is 18.2. The number of hydrogen-bond acceptors (Lipinski definition) is 3. The van der Waals surface area contributed by atoms with E-state index in [0.29, 0.717) is 13.0 Å². The molecule has 3 nitrogen and oxygen atoms in total. The summed E-state index contributed by atoms with van der Waals surface area (Å²) in [6, 6.07) is 9.24. The summed E-state index contributed by atoms with van der Waals surface area (Å²) in [6.07, 6.45) is 2.49. The van der Waals surface area contributed by atoms with Gasteiger partial charge >= 0.3 is 5.97 Å². The largest absolute Gasteiger partial charge is 0.465 e. The van der Waals surface area contributed by atoms with Crippen LogP contribution in [0.3, 0.4) is 0 Å². The molecule has 16 heavy (non-hydrogen) atoms. The highest BCUT2D eigenvalue weighted by Crippen LogP contribution is 2.19. The minimum Gasteiger partial charge on any atom is -0.465 e. The van der Waals surface area contributed by atoms with Gasteiger partial charge in [0.05, 0.1) is 23.8 Å². The molecular weight excluding hydrogens is 224 g/mol. The van der Waals surface area contributed by atoms with Crippen LogP contribution in [0.25, 0.3) is 0 Å². The molecule has 0 aliphatic carbocycles. The minimum absolute atomic E-state index is 0.216. The average molecular weight is 236 g/mol. The van der Waals surface area contributed by atoms with E-state index in [1.54, 1.807) is 6.08 Å². The summed E-state index contributed by atoms with van der Waals surface area (Å²) in [4.78, 5) is 12.6. The highest BCUT2D eigenvalue weighted by molar-refractivity contribution is 7.89. The third-order valence-corrected chi connectivity index (χ3v) is 3.85. The van der Waals surface area contributed by atoms with Crippen LogP contribution in [0.2, 0.25) is 0 Å². The molecule has 4 heteroatoms. The van der Waals surface area contributed by atoms with Gasteiger partial charge in [-0.05, 0) is 12.1 Å². The maximum absolute atomic E-state index is 12.1. The molecule has 1 atom stereocenters. The first kappa shape index (κ1) is 11.1. The molecule has 84 valence electrons. The highest BCUT2D eigenvalue weighted by atomic mass is 32.2. The summed E-state index contributed by atoms with van der Waals surface area (Å²) in [5, 5.41) is 0. The standard InChI is InChI=1S/C12H12O3S/c13-12-7-6-11(8-9-15-12)16(14)10-4-2-1-3-5-10/h1-6H,7-9H2. The molecule has 0 saturated carbocycles. The third kappa shape index (κ3) is 2.58. The molecule has 0 saturated heterocycles. The van der Waals surface area contributed by atoms with Crippen molar-refractivity contribution in [1.82, 2.24) is 0 Å². The predicted molar refractivity (Wildman–Crippen MR) is 61.1 cm³/mol. The van der Waals surface area contributed by atoms with Gasteiger partial charge < -0.3 is 4.74 Å².